The molecule has 1 saturated carbocycles. The van der Waals surface area contributed by atoms with Crippen molar-refractivity contribution in [2.75, 3.05) is 0 Å². The summed E-state index contributed by atoms with van der Waals surface area (Å²) in [5, 5.41) is 3.63. The molecule has 2 atom stereocenters. The molecule has 0 radical (unpaired) electrons. The Hall–Kier alpha value is -0.890. The van der Waals surface area contributed by atoms with Gasteiger partial charge in [0.05, 0.1) is 0 Å². The lowest BCUT2D eigenvalue weighted by Gasteiger charge is -2.19. The Bertz CT molecular complexity index is 371. The fourth-order valence-electron chi connectivity index (χ4n) is 3.07. The zero-order valence-corrected chi connectivity index (χ0v) is 12.2. The van der Waals surface area contributed by atoms with Crippen LogP contribution in [0.1, 0.15) is 51.5 Å². The highest BCUT2D eigenvalue weighted by molar-refractivity contribution is 5.15. The summed E-state index contributed by atoms with van der Waals surface area (Å²) in [4.78, 5) is 0. The van der Waals surface area contributed by atoms with Gasteiger partial charge in [0.15, 0.2) is 0 Å². The highest BCUT2D eigenvalue weighted by Crippen LogP contribution is 2.28. The number of hydrogen-bond donors (Lipinski definition) is 1. The first-order chi connectivity index (χ1) is 9.15. The Morgan fingerprint density at radius 3 is 2.53 bits per heavy atom. The monoisotopic (exact) mass is 263 g/mol. The molecule has 0 aliphatic heterocycles. The van der Waals surface area contributed by atoms with Gasteiger partial charge in [0, 0.05) is 12.6 Å². The fraction of sp³-hybridized carbons (Fsp3) is 0.647. The Labute approximate surface area is 116 Å². The maximum atomic E-state index is 12.8. The van der Waals surface area contributed by atoms with Crippen molar-refractivity contribution >= 4 is 0 Å². The van der Waals surface area contributed by atoms with E-state index >= 15 is 0 Å². The maximum Gasteiger partial charge on any atom is 0.123 e. The molecule has 1 aromatic rings. The van der Waals surface area contributed by atoms with E-state index in [2.05, 4.69) is 19.2 Å². The summed E-state index contributed by atoms with van der Waals surface area (Å²) in [6.45, 7) is 5.55. The van der Waals surface area contributed by atoms with Crippen LogP contribution in [0.2, 0.25) is 0 Å². The van der Waals surface area contributed by atoms with E-state index in [9.17, 15) is 4.39 Å². The molecule has 0 spiro atoms. The average molecular weight is 263 g/mol. The van der Waals surface area contributed by atoms with Crippen LogP contribution in [0, 0.1) is 17.7 Å². The van der Waals surface area contributed by atoms with Crippen molar-refractivity contribution in [3.05, 3.63) is 35.6 Å². The molecule has 1 nitrogen and oxygen atoms in total. The van der Waals surface area contributed by atoms with Gasteiger partial charge < -0.3 is 5.32 Å². The lowest BCUT2D eigenvalue weighted by molar-refractivity contribution is 0.337. The first-order valence-electron chi connectivity index (χ1n) is 7.63. The van der Waals surface area contributed by atoms with Gasteiger partial charge in [0.25, 0.3) is 0 Å². The summed E-state index contributed by atoms with van der Waals surface area (Å²) in [5.41, 5.74) is 1.17. The number of benzene rings is 1. The molecule has 106 valence electrons. The fourth-order valence-corrected chi connectivity index (χ4v) is 3.07. The number of rotatable bonds is 4. The first-order valence-corrected chi connectivity index (χ1v) is 7.63. The largest absolute Gasteiger partial charge is 0.310 e. The van der Waals surface area contributed by atoms with Crippen molar-refractivity contribution in [2.24, 2.45) is 11.8 Å². The van der Waals surface area contributed by atoms with Crippen LogP contribution >= 0.6 is 0 Å². The summed E-state index contributed by atoms with van der Waals surface area (Å²) >= 11 is 0. The quantitative estimate of drug-likeness (QED) is 0.788. The minimum Gasteiger partial charge on any atom is -0.310 e. The molecule has 1 aliphatic carbocycles. The third-order valence-electron chi connectivity index (χ3n) is 4.46. The smallest absolute Gasteiger partial charge is 0.123 e. The van der Waals surface area contributed by atoms with Gasteiger partial charge in [-0.1, -0.05) is 38.8 Å². The van der Waals surface area contributed by atoms with Crippen LogP contribution in [0.15, 0.2) is 24.3 Å². The molecule has 0 aromatic heterocycles. The van der Waals surface area contributed by atoms with E-state index in [1.807, 2.05) is 12.1 Å². The maximum absolute atomic E-state index is 12.8. The van der Waals surface area contributed by atoms with E-state index in [0.29, 0.717) is 6.04 Å². The number of nitrogens with one attached hydrogen (secondary N) is 1. The zero-order chi connectivity index (χ0) is 13.7. The summed E-state index contributed by atoms with van der Waals surface area (Å²) in [7, 11) is 0. The van der Waals surface area contributed by atoms with Gasteiger partial charge in [-0.05, 0) is 48.8 Å². The Kier molecular flexibility index (Phi) is 5.38. The highest BCUT2D eigenvalue weighted by Gasteiger charge is 2.20. The lowest BCUT2D eigenvalue weighted by atomic mass is 9.89. The number of hydrogen-bond acceptors (Lipinski definition) is 1. The van der Waals surface area contributed by atoms with Crippen LogP contribution in [0.3, 0.4) is 0 Å². The van der Waals surface area contributed by atoms with Crippen molar-refractivity contribution in [3.8, 4) is 0 Å². The van der Waals surface area contributed by atoms with E-state index in [1.165, 1.54) is 37.7 Å². The average Bonchev–Trinajstić information content (AvgIpc) is 2.63. The lowest BCUT2D eigenvalue weighted by Crippen LogP contribution is -2.28. The van der Waals surface area contributed by atoms with Crippen molar-refractivity contribution in [2.45, 2.75) is 58.5 Å². The van der Waals surface area contributed by atoms with Gasteiger partial charge in [-0.2, -0.15) is 0 Å². The number of halogens is 1. The Morgan fingerprint density at radius 1 is 1.11 bits per heavy atom. The van der Waals surface area contributed by atoms with Crippen LogP contribution in [-0.4, -0.2) is 6.04 Å². The van der Waals surface area contributed by atoms with Gasteiger partial charge in [0.1, 0.15) is 5.82 Å². The Morgan fingerprint density at radius 2 is 1.84 bits per heavy atom. The summed E-state index contributed by atoms with van der Waals surface area (Å²) < 4.78 is 12.8. The molecular weight excluding hydrogens is 237 g/mol. The van der Waals surface area contributed by atoms with Crippen molar-refractivity contribution < 1.29 is 4.39 Å². The topological polar surface area (TPSA) is 12.0 Å². The first kappa shape index (κ1) is 14.5. The molecule has 2 heteroatoms. The zero-order valence-electron chi connectivity index (χ0n) is 12.2. The second-order valence-electron chi connectivity index (χ2n) is 6.22. The van der Waals surface area contributed by atoms with E-state index in [-0.39, 0.29) is 5.82 Å². The van der Waals surface area contributed by atoms with Crippen LogP contribution in [0.5, 0.6) is 0 Å². The molecular formula is C17H26FN. The summed E-state index contributed by atoms with van der Waals surface area (Å²) in [5.74, 6) is 1.56. The third-order valence-corrected chi connectivity index (χ3v) is 4.46. The molecule has 0 bridgehead atoms. The predicted octanol–water partition coefficient (Wildman–Crippen LogP) is 4.52. The second kappa shape index (κ2) is 7.04. The summed E-state index contributed by atoms with van der Waals surface area (Å²) in [6, 6.07) is 7.46. The predicted molar refractivity (Wildman–Crippen MR) is 78.4 cm³/mol. The molecule has 2 rings (SSSR count). The van der Waals surface area contributed by atoms with E-state index in [4.69, 9.17) is 0 Å². The minimum atomic E-state index is -0.155. The van der Waals surface area contributed by atoms with E-state index in [1.54, 1.807) is 12.1 Å². The van der Waals surface area contributed by atoms with E-state index in [0.717, 1.165) is 18.4 Å². The van der Waals surface area contributed by atoms with Crippen LogP contribution in [-0.2, 0) is 6.54 Å². The van der Waals surface area contributed by atoms with Crippen molar-refractivity contribution in [1.29, 1.82) is 0 Å². The van der Waals surface area contributed by atoms with Gasteiger partial charge >= 0.3 is 0 Å². The third kappa shape index (κ3) is 4.61. The molecule has 1 N–H and O–H groups in total. The summed E-state index contributed by atoms with van der Waals surface area (Å²) in [6.07, 6.45) is 6.63. The van der Waals surface area contributed by atoms with Crippen molar-refractivity contribution in [3.63, 3.8) is 0 Å². The van der Waals surface area contributed by atoms with Crippen LogP contribution < -0.4 is 5.32 Å². The standard InChI is InChI=1S/C17H26FN/c1-13(2)15-4-3-5-17(11-8-15)19-12-14-6-9-16(18)10-7-14/h6-7,9-10,13,15,17,19H,3-5,8,11-12H2,1-2H3. The Balaban J connectivity index is 1.78. The molecule has 1 aliphatic rings. The molecule has 0 saturated heterocycles. The minimum absolute atomic E-state index is 0.155. The van der Waals surface area contributed by atoms with Crippen LogP contribution in [0.4, 0.5) is 4.39 Å². The van der Waals surface area contributed by atoms with Gasteiger partial charge in [-0.15, -0.1) is 0 Å². The molecule has 2 unspecified atom stereocenters. The van der Waals surface area contributed by atoms with Crippen molar-refractivity contribution in [1.82, 2.24) is 5.32 Å². The molecule has 0 heterocycles. The van der Waals surface area contributed by atoms with Gasteiger partial charge in [-0.3, -0.25) is 0 Å². The molecule has 1 aromatic carbocycles. The second-order valence-corrected chi connectivity index (χ2v) is 6.22. The normalized spacial score (nSPS) is 24.4. The highest BCUT2D eigenvalue weighted by atomic mass is 19.1. The van der Waals surface area contributed by atoms with Gasteiger partial charge in [0.2, 0.25) is 0 Å². The van der Waals surface area contributed by atoms with Crippen LogP contribution in [0.25, 0.3) is 0 Å². The molecule has 19 heavy (non-hydrogen) atoms. The molecule has 0 amide bonds. The van der Waals surface area contributed by atoms with Gasteiger partial charge in [-0.25, -0.2) is 4.39 Å². The SMILES string of the molecule is CC(C)C1CCCC(NCc2ccc(F)cc2)CC1. The van der Waals surface area contributed by atoms with E-state index < -0.39 is 0 Å². The molecule has 1 fully saturated rings.